The number of nitrogens with zero attached hydrogens (tertiary/aromatic N) is 2. The van der Waals surface area contributed by atoms with Gasteiger partial charge in [0.1, 0.15) is 0 Å². The number of halogens is 1. The van der Waals surface area contributed by atoms with E-state index in [2.05, 4.69) is 45.5 Å². The Balaban J connectivity index is 0.00000120. The third-order valence-corrected chi connectivity index (χ3v) is 3.37. The van der Waals surface area contributed by atoms with Crippen molar-refractivity contribution < 1.29 is 0 Å². The van der Waals surface area contributed by atoms with Gasteiger partial charge in [0.15, 0.2) is 0 Å². The van der Waals surface area contributed by atoms with Gasteiger partial charge in [-0.05, 0) is 18.6 Å². The van der Waals surface area contributed by atoms with Crippen molar-refractivity contribution >= 4 is 23.3 Å². The van der Waals surface area contributed by atoms with Gasteiger partial charge < -0.3 is 5.32 Å². The van der Waals surface area contributed by atoms with Gasteiger partial charge in [-0.25, -0.2) is 0 Å². The Morgan fingerprint density at radius 3 is 3.17 bits per heavy atom. The topological polar surface area (TPSA) is 44.0 Å². The van der Waals surface area contributed by atoms with Crippen molar-refractivity contribution in [3.05, 3.63) is 30.0 Å². The molecule has 1 atom stereocenters. The molecule has 98 valence electrons. The van der Waals surface area contributed by atoms with E-state index in [1.54, 1.807) is 0 Å². The zero-order valence-corrected chi connectivity index (χ0v) is 11.3. The summed E-state index contributed by atoms with van der Waals surface area (Å²) in [6.45, 7) is 6.62. The summed E-state index contributed by atoms with van der Waals surface area (Å²) in [5, 5.41) is 11.7. The van der Waals surface area contributed by atoms with Crippen molar-refractivity contribution in [2.45, 2.75) is 19.5 Å². The molecule has 1 fully saturated rings. The molecule has 1 aliphatic heterocycles. The number of aromatic amines is 1. The maximum Gasteiger partial charge on any atom is 0.0653 e. The molecular weight excluding hydrogens is 248 g/mol. The Kier molecular flexibility index (Phi) is 4.22. The molecule has 0 saturated carbocycles. The fourth-order valence-electron chi connectivity index (χ4n) is 2.50. The minimum absolute atomic E-state index is 0. The molecule has 0 radical (unpaired) electrons. The molecule has 0 unspecified atom stereocenters. The highest BCUT2D eigenvalue weighted by molar-refractivity contribution is 5.85. The van der Waals surface area contributed by atoms with E-state index in [1.807, 2.05) is 6.20 Å². The Morgan fingerprint density at radius 2 is 2.33 bits per heavy atom. The summed E-state index contributed by atoms with van der Waals surface area (Å²) in [6, 6.07) is 7.14. The van der Waals surface area contributed by atoms with Crippen LogP contribution in [0.3, 0.4) is 0 Å². The highest BCUT2D eigenvalue weighted by Crippen LogP contribution is 2.15. The number of hydrogen-bond donors (Lipinski definition) is 2. The normalized spacial score (nSPS) is 20.8. The quantitative estimate of drug-likeness (QED) is 0.871. The fraction of sp³-hybridized carbons (Fsp3) is 0.462. The lowest BCUT2D eigenvalue weighted by atomic mass is 10.1. The second kappa shape index (κ2) is 5.69. The molecular formula is C13H19ClN4. The zero-order chi connectivity index (χ0) is 11.7. The second-order valence-electron chi connectivity index (χ2n) is 4.88. The average molecular weight is 267 g/mol. The lowest BCUT2D eigenvalue weighted by Gasteiger charge is -2.31. The van der Waals surface area contributed by atoms with Crippen LogP contribution in [0.4, 0.5) is 0 Å². The van der Waals surface area contributed by atoms with Crippen LogP contribution in [0.5, 0.6) is 0 Å². The second-order valence-corrected chi connectivity index (χ2v) is 4.88. The summed E-state index contributed by atoms with van der Waals surface area (Å²) < 4.78 is 0. The molecule has 0 aliphatic carbocycles. The molecule has 4 nitrogen and oxygen atoms in total. The van der Waals surface area contributed by atoms with Crippen molar-refractivity contribution in [2.75, 3.05) is 19.6 Å². The highest BCUT2D eigenvalue weighted by atomic mass is 35.5. The first-order valence-electron chi connectivity index (χ1n) is 6.19. The highest BCUT2D eigenvalue weighted by Gasteiger charge is 2.15. The van der Waals surface area contributed by atoms with E-state index in [-0.39, 0.29) is 12.4 Å². The van der Waals surface area contributed by atoms with Crippen LogP contribution in [0, 0.1) is 0 Å². The van der Waals surface area contributed by atoms with Crippen molar-refractivity contribution in [1.82, 2.24) is 20.4 Å². The van der Waals surface area contributed by atoms with Gasteiger partial charge >= 0.3 is 0 Å². The monoisotopic (exact) mass is 266 g/mol. The van der Waals surface area contributed by atoms with E-state index >= 15 is 0 Å². The van der Waals surface area contributed by atoms with Gasteiger partial charge in [0.05, 0.1) is 11.7 Å². The summed E-state index contributed by atoms with van der Waals surface area (Å²) in [5.74, 6) is 0. The van der Waals surface area contributed by atoms with Gasteiger partial charge in [0.2, 0.25) is 0 Å². The third-order valence-electron chi connectivity index (χ3n) is 3.37. The number of hydrogen-bond acceptors (Lipinski definition) is 3. The van der Waals surface area contributed by atoms with Crippen LogP contribution in [-0.4, -0.2) is 40.8 Å². The summed E-state index contributed by atoms with van der Waals surface area (Å²) in [7, 11) is 0. The van der Waals surface area contributed by atoms with Crippen LogP contribution in [0.15, 0.2) is 24.4 Å². The van der Waals surface area contributed by atoms with Crippen molar-refractivity contribution in [1.29, 1.82) is 0 Å². The molecule has 0 spiro atoms. The summed E-state index contributed by atoms with van der Waals surface area (Å²) in [4.78, 5) is 2.50. The fourth-order valence-corrected chi connectivity index (χ4v) is 2.50. The largest absolute Gasteiger partial charge is 0.312 e. The molecule has 0 bridgehead atoms. The molecule has 18 heavy (non-hydrogen) atoms. The predicted molar refractivity (Wildman–Crippen MR) is 76.1 cm³/mol. The Labute approximate surface area is 113 Å². The van der Waals surface area contributed by atoms with E-state index in [1.165, 1.54) is 10.9 Å². The lowest BCUT2D eigenvalue weighted by molar-refractivity contribution is 0.200. The standard InChI is InChI=1S/C13H18N4.ClH/c1-10-8-17(5-4-14-10)9-11-2-3-12-7-15-16-13(12)6-11;/h2-3,6-7,10,14H,4-5,8-9H2,1H3,(H,15,16);1H/t10-;/m0./s1. The number of fused-ring (bicyclic) bond motifs is 1. The van der Waals surface area contributed by atoms with Crippen LogP contribution in [0.1, 0.15) is 12.5 Å². The number of rotatable bonds is 2. The first-order chi connectivity index (χ1) is 8.31. The molecule has 1 aromatic carbocycles. The smallest absolute Gasteiger partial charge is 0.0653 e. The van der Waals surface area contributed by atoms with Crippen LogP contribution >= 0.6 is 12.4 Å². The molecule has 3 rings (SSSR count). The van der Waals surface area contributed by atoms with E-state index in [4.69, 9.17) is 0 Å². The Morgan fingerprint density at radius 1 is 1.44 bits per heavy atom. The average Bonchev–Trinajstić information content (AvgIpc) is 2.76. The summed E-state index contributed by atoms with van der Waals surface area (Å²) in [6.07, 6.45) is 1.87. The maximum atomic E-state index is 4.05. The zero-order valence-electron chi connectivity index (χ0n) is 10.5. The molecule has 1 aromatic heterocycles. The molecule has 1 saturated heterocycles. The van der Waals surface area contributed by atoms with Crippen molar-refractivity contribution in [3.8, 4) is 0 Å². The van der Waals surface area contributed by atoms with E-state index < -0.39 is 0 Å². The number of benzene rings is 1. The van der Waals surface area contributed by atoms with Gasteiger partial charge in [-0.3, -0.25) is 10.00 Å². The van der Waals surface area contributed by atoms with E-state index in [9.17, 15) is 0 Å². The number of piperazine rings is 1. The predicted octanol–water partition coefficient (Wildman–Crippen LogP) is 1.78. The Bertz CT molecular complexity index is 510. The Hall–Kier alpha value is -1.10. The molecule has 2 N–H and O–H groups in total. The van der Waals surface area contributed by atoms with E-state index in [0.29, 0.717) is 6.04 Å². The summed E-state index contributed by atoms with van der Waals surface area (Å²) in [5.41, 5.74) is 2.49. The first-order valence-corrected chi connectivity index (χ1v) is 6.19. The van der Waals surface area contributed by atoms with Crippen LogP contribution < -0.4 is 5.32 Å². The van der Waals surface area contributed by atoms with Gasteiger partial charge in [0, 0.05) is 37.6 Å². The van der Waals surface area contributed by atoms with Gasteiger partial charge in [-0.2, -0.15) is 5.10 Å². The third kappa shape index (κ3) is 2.83. The molecule has 1 aliphatic rings. The van der Waals surface area contributed by atoms with Gasteiger partial charge in [-0.15, -0.1) is 12.4 Å². The molecule has 5 heteroatoms. The number of aromatic nitrogens is 2. The number of nitrogens with one attached hydrogen (secondary N) is 2. The van der Waals surface area contributed by atoms with Crippen LogP contribution in [0.2, 0.25) is 0 Å². The maximum absolute atomic E-state index is 4.05. The minimum Gasteiger partial charge on any atom is -0.312 e. The minimum atomic E-state index is 0. The number of H-pyrrole nitrogens is 1. The van der Waals surface area contributed by atoms with Crippen molar-refractivity contribution in [2.24, 2.45) is 0 Å². The molecule has 0 amide bonds. The summed E-state index contributed by atoms with van der Waals surface area (Å²) >= 11 is 0. The van der Waals surface area contributed by atoms with Crippen molar-refractivity contribution in [3.63, 3.8) is 0 Å². The molecule has 2 heterocycles. The SMILES string of the molecule is C[C@H]1CN(Cc2ccc3cn[nH]c3c2)CCN1.Cl. The lowest BCUT2D eigenvalue weighted by Crippen LogP contribution is -2.48. The van der Waals surface area contributed by atoms with Crippen LogP contribution in [0.25, 0.3) is 10.9 Å². The first kappa shape index (κ1) is 13.3. The van der Waals surface area contributed by atoms with Gasteiger partial charge in [-0.1, -0.05) is 12.1 Å². The van der Waals surface area contributed by atoms with Crippen LogP contribution in [-0.2, 0) is 6.54 Å². The van der Waals surface area contributed by atoms with Gasteiger partial charge in [0.25, 0.3) is 0 Å². The van der Waals surface area contributed by atoms with E-state index in [0.717, 1.165) is 31.7 Å². The molecule has 2 aromatic rings.